The number of hydrogen-bond acceptors (Lipinski definition) is 3. The van der Waals surface area contributed by atoms with Gasteiger partial charge in [0.2, 0.25) is 0 Å². The van der Waals surface area contributed by atoms with Crippen molar-refractivity contribution in [2.45, 2.75) is 58.7 Å². The van der Waals surface area contributed by atoms with Crippen LogP contribution in [0.1, 0.15) is 46.1 Å². The van der Waals surface area contributed by atoms with Gasteiger partial charge in [0.15, 0.2) is 0 Å². The average Bonchev–Trinajstić information content (AvgIpc) is 2.36. The Hall–Kier alpha value is -1.55. The molecule has 1 aromatic rings. The molecule has 20 heavy (non-hydrogen) atoms. The predicted octanol–water partition coefficient (Wildman–Crippen LogP) is 3.21. The van der Waals surface area contributed by atoms with Crippen LogP contribution >= 0.6 is 0 Å². The first-order valence-corrected chi connectivity index (χ1v) is 7.11. The van der Waals surface area contributed by atoms with Crippen molar-refractivity contribution in [3.05, 3.63) is 29.8 Å². The first-order valence-electron chi connectivity index (χ1n) is 7.11. The third-order valence-corrected chi connectivity index (χ3v) is 3.17. The fourth-order valence-electron chi connectivity index (χ4n) is 2.07. The summed E-state index contributed by atoms with van der Waals surface area (Å²) in [5.41, 5.74) is 0.135. The van der Waals surface area contributed by atoms with E-state index in [1.54, 1.807) is 6.92 Å². The van der Waals surface area contributed by atoms with Crippen molar-refractivity contribution < 1.29 is 14.6 Å². The number of carboxylic acids is 1. The van der Waals surface area contributed by atoms with E-state index in [4.69, 9.17) is 4.74 Å². The van der Waals surface area contributed by atoms with Crippen LogP contribution in [0.3, 0.4) is 0 Å². The lowest BCUT2D eigenvalue weighted by Crippen LogP contribution is -2.48. The standard InChI is InChI=1S/C16H25NO3/c1-5-9-16(4,15(18)19)17-11-13-7-6-8-14(10-13)20-12(2)3/h6-8,10,12,17H,5,9,11H2,1-4H3,(H,18,19). The molecule has 0 heterocycles. The number of aliphatic carboxylic acids is 1. The molecule has 4 heteroatoms. The van der Waals surface area contributed by atoms with Crippen LogP contribution in [0.15, 0.2) is 24.3 Å². The molecule has 1 aromatic carbocycles. The molecule has 2 N–H and O–H groups in total. The number of nitrogens with one attached hydrogen (secondary N) is 1. The predicted molar refractivity (Wildman–Crippen MR) is 80.0 cm³/mol. The lowest BCUT2D eigenvalue weighted by Gasteiger charge is -2.26. The van der Waals surface area contributed by atoms with Gasteiger partial charge in [0.05, 0.1) is 6.10 Å². The van der Waals surface area contributed by atoms with E-state index < -0.39 is 11.5 Å². The first kappa shape index (κ1) is 16.5. The van der Waals surface area contributed by atoms with Crippen LogP contribution in [-0.2, 0) is 11.3 Å². The van der Waals surface area contributed by atoms with Crippen LogP contribution in [0.2, 0.25) is 0 Å². The van der Waals surface area contributed by atoms with Gasteiger partial charge in [0, 0.05) is 6.54 Å². The zero-order chi connectivity index (χ0) is 15.2. The molecule has 1 unspecified atom stereocenters. The number of rotatable bonds is 8. The van der Waals surface area contributed by atoms with E-state index in [0.29, 0.717) is 13.0 Å². The maximum absolute atomic E-state index is 11.4. The van der Waals surface area contributed by atoms with Gasteiger partial charge >= 0.3 is 5.97 Å². The van der Waals surface area contributed by atoms with Crippen LogP contribution in [0.25, 0.3) is 0 Å². The summed E-state index contributed by atoms with van der Waals surface area (Å²) in [6.45, 7) is 8.19. The highest BCUT2D eigenvalue weighted by Gasteiger charge is 2.31. The summed E-state index contributed by atoms with van der Waals surface area (Å²) >= 11 is 0. The Morgan fingerprint density at radius 3 is 2.70 bits per heavy atom. The van der Waals surface area contributed by atoms with E-state index >= 15 is 0 Å². The van der Waals surface area contributed by atoms with Gasteiger partial charge in [0.25, 0.3) is 0 Å². The number of ether oxygens (including phenoxy) is 1. The van der Waals surface area contributed by atoms with Gasteiger partial charge in [0.1, 0.15) is 11.3 Å². The van der Waals surface area contributed by atoms with Gasteiger partial charge in [-0.25, -0.2) is 0 Å². The zero-order valence-corrected chi connectivity index (χ0v) is 12.8. The Morgan fingerprint density at radius 1 is 1.45 bits per heavy atom. The van der Waals surface area contributed by atoms with Crippen LogP contribution in [0.4, 0.5) is 0 Å². The highest BCUT2D eigenvalue weighted by Crippen LogP contribution is 2.17. The molecule has 0 amide bonds. The Balaban J connectivity index is 2.71. The lowest BCUT2D eigenvalue weighted by atomic mass is 9.96. The van der Waals surface area contributed by atoms with E-state index in [-0.39, 0.29) is 6.10 Å². The van der Waals surface area contributed by atoms with Crippen LogP contribution in [0.5, 0.6) is 5.75 Å². The molecule has 0 aromatic heterocycles. The topological polar surface area (TPSA) is 58.6 Å². The Bertz CT molecular complexity index is 445. The van der Waals surface area contributed by atoms with E-state index in [2.05, 4.69) is 5.32 Å². The summed E-state index contributed by atoms with van der Waals surface area (Å²) in [7, 11) is 0. The smallest absolute Gasteiger partial charge is 0.323 e. The van der Waals surface area contributed by atoms with Crippen LogP contribution in [-0.4, -0.2) is 22.7 Å². The highest BCUT2D eigenvalue weighted by molar-refractivity contribution is 5.78. The van der Waals surface area contributed by atoms with Crippen molar-refractivity contribution >= 4 is 5.97 Å². The second-order valence-corrected chi connectivity index (χ2v) is 5.55. The maximum Gasteiger partial charge on any atom is 0.323 e. The van der Waals surface area contributed by atoms with E-state index in [1.807, 2.05) is 45.0 Å². The Kier molecular flexibility index (Phi) is 6.02. The third kappa shape index (κ3) is 4.85. The molecule has 0 spiro atoms. The zero-order valence-electron chi connectivity index (χ0n) is 12.8. The van der Waals surface area contributed by atoms with Gasteiger partial charge < -0.3 is 9.84 Å². The molecule has 112 valence electrons. The number of carbonyl (C=O) groups is 1. The van der Waals surface area contributed by atoms with Crippen molar-refractivity contribution in [2.24, 2.45) is 0 Å². The molecule has 0 saturated carbocycles. The fraction of sp³-hybridized carbons (Fsp3) is 0.562. The molecule has 0 aliphatic rings. The minimum absolute atomic E-state index is 0.127. The molecule has 0 aliphatic carbocycles. The van der Waals surface area contributed by atoms with Crippen LogP contribution in [0, 0.1) is 0 Å². The molecule has 0 fully saturated rings. The monoisotopic (exact) mass is 279 g/mol. The molecule has 1 atom stereocenters. The van der Waals surface area contributed by atoms with Gasteiger partial charge in [-0.3, -0.25) is 10.1 Å². The van der Waals surface area contributed by atoms with Gasteiger partial charge in [-0.15, -0.1) is 0 Å². The number of hydrogen-bond donors (Lipinski definition) is 2. The second-order valence-electron chi connectivity index (χ2n) is 5.55. The molecule has 0 aliphatic heterocycles. The second kappa shape index (κ2) is 7.29. The lowest BCUT2D eigenvalue weighted by molar-refractivity contribution is -0.144. The van der Waals surface area contributed by atoms with Crippen molar-refractivity contribution in [3.63, 3.8) is 0 Å². The van der Waals surface area contributed by atoms with Gasteiger partial charge in [-0.05, 0) is 44.9 Å². The maximum atomic E-state index is 11.4. The fourth-order valence-corrected chi connectivity index (χ4v) is 2.07. The molecular weight excluding hydrogens is 254 g/mol. The summed E-state index contributed by atoms with van der Waals surface area (Å²) in [6.07, 6.45) is 1.55. The molecule has 0 radical (unpaired) electrons. The molecule has 4 nitrogen and oxygen atoms in total. The van der Waals surface area contributed by atoms with Gasteiger partial charge in [-0.1, -0.05) is 25.5 Å². The molecule has 1 rings (SSSR count). The summed E-state index contributed by atoms with van der Waals surface area (Å²) in [6, 6.07) is 7.74. The summed E-state index contributed by atoms with van der Waals surface area (Å²) in [5.74, 6) is 0.000699. The van der Waals surface area contributed by atoms with Gasteiger partial charge in [-0.2, -0.15) is 0 Å². The van der Waals surface area contributed by atoms with E-state index in [9.17, 15) is 9.90 Å². The molecule has 0 bridgehead atoms. The average molecular weight is 279 g/mol. The molecular formula is C16H25NO3. The number of benzene rings is 1. The minimum atomic E-state index is -0.885. The van der Waals surface area contributed by atoms with Crippen molar-refractivity contribution in [1.82, 2.24) is 5.32 Å². The summed E-state index contributed by atoms with van der Waals surface area (Å²) in [4.78, 5) is 11.4. The SMILES string of the molecule is CCCC(C)(NCc1cccc(OC(C)C)c1)C(=O)O. The largest absolute Gasteiger partial charge is 0.491 e. The highest BCUT2D eigenvalue weighted by atomic mass is 16.5. The third-order valence-electron chi connectivity index (χ3n) is 3.17. The Morgan fingerprint density at radius 2 is 2.15 bits per heavy atom. The van der Waals surface area contributed by atoms with E-state index in [0.717, 1.165) is 17.7 Å². The van der Waals surface area contributed by atoms with Crippen molar-refractivity contribution in [1.29, 1.82) is 0 Å². The van der Waals surface area contributed by atoms with Crippen LogP contribution < -0.4 is 10.1 Å². The van der Waals surface area contributed by atoms with Crippen molar-refractivity contribution in [3.8, 4) is 5.75 Å². The summed E-state index contributed by atoms with van der Waals surface area (Å²) in [5, 5.41) is 12.5. The normalized spacial score (nSPS) is 14.1. The first-order chi connectivity index (χ1) is 9.37. The minimum Gasteiger partial charge on any atom is -0.491 e. The Labute approximate surface area is 121 Å². The van der Waals surface area contributed by atoms with E-state index in [1.165, 1.54) is 0 Å². The van der Waals surface area contributed by atoms with Crippen molar-refractivity contribution in [2.75, 3.05) is 0 Å². The summed E-state index contributed by atoms with van der Waals surface area (Å²) < 4.78 is 5.64. The quantitative estimate of drug-likeness (QED) is 0.767. The molecule has 0 saturated heterocycles. The number of carboxylic acid groups (broad SMARTS) is 1.